The number of carbonyl (C=O) groups excluding carboxylic acids is 1. The fraction of sp³-hybridized carbons (Fsp3) is 0.107. The molecule has 4 aromatic rings. The summed E-state index contributed by atoms with van der Waals surface area (Å²) in [6.45, 7) is 1.69. The molecule has 0 aliphatic carbocycles. The van der Waals surface area contributed by atoms with Crippen LogP contribution in [0.4, 0.5) is 5.69 Å². The molecule has 0 aliphatic heterocycles. The molecule has 1 atom stereocenters. The van der Waals surface area contributed by atoms with Crippen molar-refractivity contribution in [2.24, 2.45) is 0 Å². The largest absolute Gasteiger partial charge is 0.493 e. The molecule has 4 rings (SSSR count). The molecule has 39 heavy (non-hydrogen) atoms. The second-order valence-electron chi connectivity index (χ2n) is 8.45. The molecule has 10 nitrogen and oxygen atoms in total. The van der Waals surface area contributed by atoms with E-state index in [-0.39, 0.29) is 27.8 Å². The van der Waals surface area contributed by atoms with Crippen LogP contribution in [0.1, 0.15) is 27.0 Å². The molecule has 0 saturated carbocycles. The predicted octanol–water partition coefficient (Wildman–Crippen LogP) is 5.28. The zero-order chi connectivity index (χ0) is 28.2. The van der Waals surface area contributed by atoms with E-state index in [0.717, 1.165) is 0 Å². The molecule has 1 unspecified atom stereocenters. The van der Waals surface area contributed by atoms with Gasteiger partial charge in [0.15, 0.2) is 11.5 Å². The highest BCUT2D eigenvalue weighted by Crippen LogP contribution is 2.35. The van der Waals surface area contributed by atoms with Crippen molar-refractivity contribution in [2.45, 2.75) is 11.8 Å². The number of benzene rings is 3. The van der Waals surface area contributed by atoms with Crippen molar-refractivity contribution in [3.63, 3.8) is 0 Å². The van der Waals surface area contributed by atoms with Gasteiger partial charge in [-0.3, -0.25) is 4.79 Å². The molecule has 194 valence electrons. The van der Waals surface area contributed by atoms with E-state index in [4.69, 9.17) is 19.5 Å². The van der Waals surface area contributed by atoms with Gasteiger partial charge < -0.3 is 14.8 Å². The number of nitrogens with one attached hydrogen (secondary N) is 2. The minimum absolute atomic E-state index is 0.0734. The minimum atomic E-state index is -3.00. The second-order valence-corrected chi connectivity index (χ2v) is 10.6. The second kappa shape index (κ2) is 11.0. The van der Waals surface area contributed by atoms with Gasteiger partial charge >= 0.3 is 0 Å². The normalized spacial score (nSPS) is 11.9. The topological polar surface area (TPSA) is 162 Å². The summed E-state index contributed by atoms with van der Waals surface area (Å²) in [6.07, 6.45) is 1.30. The fourth-order valence-corrected chi connectivity index (χ4v) is 4.44. The molecule has 0 fully saturated rings. The van der Waals surface area contributed by atoms with Gasteiger partial charge in [-0.05, 0) is 55.0 Å². The molecule has 0 radical (unpaired) electrons. The van der Waals surface area contributed by atoms with Crippen molar-refractivity contribution in [3.05, 3.63) is 89.0 Å². The van der Waals surface area contributed by atoms with Crippen molar-refractivity contribution >= 4 is 21.3 Å². The Labute approximate surface area is 225 Å². The lowest BCUT2D eigenvalue weighted by Gasteiger charge is -2.16. The Kier molecular flexibility index (Phi) is 7.56. The first-order valence-corrected chi connectivity index (χ1v) is 13.4. The van der Waals surface area contributed by atoms with E-state index in [0.29, 0.717) is 33.6 Å². The molecule has 0 aliphatic rings. The van der Waals surface area contributed by atoms with Crippen molar-refractivity contribution in [1.29, 1.82) is 15.3 Å². The highest BCUT2D eigenvalue weighted by molar-refractivity contribution is 7.91. The maximum absolute atomic E-state index is 13.7. The van der Waals surface area contributed by atoms with Crippen LogP contribution in [0.3, 0.4) is 0 Å². The Morgan fingerprint density at radius 1 is 0.974 bits per heavy atom. The van der Waals surface area contributed by atoms with Crippen LogP contribution in [0.15, 0.2) is 71.6 Å². The van der Waals surface area contributed by atoms with Crippen LogP contribution in [0.2, 0.25) is 0 Å². The first-order valence-electron chi connectivity index (χ1n) is 11.4. The first kappa shape index (κ1) is 26.8. The lowest BCUT2D eigenvalue weighted by molar-refractivity contribution is 0.102. The van der Waals surface area contributed by atoms with E-state index in [2.05, 4.69) is 21.6 Å². The zero-order valence-corrected chi connectivity index (χ0v) is 22.0. The SMILES string of the molecule is COc1cc(C#N)ccc1Oc1nnc(-c2ccc(C#N)cc2)c(C)c1C(=O)Nc1cccc(S(C)(=N)=O)c1. The monoisotopic (exact) mass is 538 g/mol. The molecule has 0 spiro atoms. The van der Waals surface area contributed by atoms with E-state index in [9.17, 15) is 14.3 Å². The Hall–Kier alpha value is -5.26. The van der Waals surface area contributed by atoms with Crippen molar-refractivity contribution in [2.75, 3.05) is 18.7 Å². The van der Waals surface area contributed by atoms with E-state index >= 15 is 0 Å². The predicted molar refractivity (Wildman–Crippen MR) is 144 cm³/mol. The van der Waals surface area contributed by atoms with Gasteiger partial charge in [0.05, 0.1) is 45.8 Å². The number of nitrogens with zero attached hydrogens (tertiary/aromatic N) is 4. The fourth-order valence-electron chi connectivity index (χ4n) is 3.75. The summed E-state index contributed by atoms with van der Waals surface area (Å²) in [5.74, 6) is -0.213. The van der Waals surface area contributed by atoms with Crippen LogP contribution in [0, 0.1) is 34.4 Å². The van der Waals surface area contributed by atoms with Gasteiger partial charge in [-0.15, -0.1) is 10.2 Å². The van der Waals surface area contributed by atoms with E-state index in [1.165, 1.54) is 37.6 Å². The summed E-state index contributed by atoms with van der Waals surface area (Å²) in [5.41, 5.74) is 2.72. The minimum Gasteiger partial charge on any atom is -0.493 e. The van der Waals surface area contributed by atoms with Crippen LogP contribution >= 0.6 is 0 Å². The first-order chi connectivity index (χ1) is 18.6. The molecule has 11 heteroatoms. The summed E-state index contributed by atoms with van der Waals surface area (Å²) < 4.78 is 31.4. The standard InChI is InChI=1S/C28H22N6O4S/c1-17-25(27(35)32-21-5-4-6-22(14-21)39(3,31)36)28(38-23-12-9-19(16-30)13-24(23)37-2)34-33-26(17)20-10-7-18(15-29)8-11-20/h4-14,31H,1-3H3,(H,32,35). The van der Waals surface area contributed by atoms with Crippen LogP contribution in [-0.2, 0) is 9.73 Å². The van der Waals surface area contributed by atoms with Gasteiger partial charge in [0, 0.05) is 28.5 Å². The maximum atomic E-state index is 13.7. The third-order valence-corrected chi connectivity index (χ3v) is 6.89. The number of aromatic nitrogens is 2. The number of hydrogen-bond acceptors (Lipinski definition) is 9. The lowest BCUT2D eigenvalue weighted by atomic mass is 10.0. The quantitative estimate of drug-likeness (QED) is 0.321. The number of carbonyl (C=O) groups is 1. The average Bonchev–Trinajstić information content (AvgIpc) is 2.93. The van der Waals surface area contributed by atoms with Crippen molar-refractivity contribution in [1.82, 2.24) is 10.2 Å². The number of nitriles is 2. The average molecular weight is 539 g/mol. The molecule has 1 amide bonds. The van der Waals surface area contributed by atoms with Crippen molar-refractivity contribution in [3.8, 4) is 40.8 Å². The van der Waals surface area contributed by atoms with Gasteiger partial charge in [0.25, 0.3) is 11.8 Å². The summed E-state index contributed by atoms with van der Waals surface area (Å²) in [7, 11) is -1.58. The molecular formula is C28H22N6O4S. The van der Waals surface area contributed by atoms with Crippen LogP contribution in [0.5, 0.6) is 17.4 Å². The molecule has 1 heterocycles. The van der Waals surface area contributed by atoms with Gasteiger partial charge in [-0.25, -0.2) is 8.99 Å². The number of amides is 1. The summed E-state index contributed by atoms with van der Waals surface area (Å²) in [5, 5.41) is 29.6. The molecule has 1 aromatic heterocycles. The van der Waals surface area contributed by atoms with Gasteiger partial charge in [-0.1, -0.05) is 18.2 Å². The zero-order valence-electron chi connectivity index (χ0n) is 21.2. The van der Waals surface area contributed by atoms with Crippen LogP contribution in [0.25, 0.3) is 11.3 Å². The highest BCUT2D eigenvalue weighted by atomic mass is 32.2. The van der Waals surface area contributed by atoms with Crippen LogP contribution in [-0.4, -0.2) is 33.7 Å². The molecular weight excluding hydrogens is 516 g/mol. The Morgan fingerprint density at radius 3 is 2.31 bits per heavy atom. The van der Waals surface area contributed by atoms with Crippen molar-refractivity contribution < 1.29 is 18.5 Å². The smallest absolute Gasteiger partial charge is 0.261 e. The summed E-state index contributed by atoms with van der Waals surface area (Å²) >= 11 is 0. The van der Waals surface area contributed by atoms with Gasteiger partial charge in [-0.2, -0.15) is 10.5 Å². The van der Waals surface area contributed by atoms with E-state index < -0.39 is 15.6 Å². The lowest BCUT2D eigenvalue weighted by Crippen LogP contribution is -2.17. The Balaban J connectivity index is 1.82. The number of methoxy groups -OCH3 is 1. The third kappa shape index (κ3) is 5.85. The number of anilines is 1. The molecule has 0 bridgehead atoms. The Bertz CT molecular complexity index is 1770. The molecule has 2 N–H and O–H groups in total. The number of ether oxygens (including phenoxy) is 2. The maximum Gasteiger partial charge on any atom is 0.261 e. The molecule has 0 saturated heterocycles. The third-order valence-electron chi connectivity index (χ3n) is 5.74. The van der Waals surface area contributed by atoms with E-state index in [1.54, 1.807) is 49.4 Å². The van der Waals surface area contributed by atoms with E-state index in [1.807, 2.05) is 6.07 Å². The molecule has 3 aromatic carbocycles. The van der Waals surface area contributed by atoms with Gasteiger partial charge in [0.2, 0.25) is 0 Å². The Morgan fingerprint density at radius 2 is 1.67 bits per heavy atom. The number of hydrogen-bond donors (Lipinski definition) is 2. The highest BCUT2D eigenvalue weighted by Gasteiger charge is 2.24. The number of rotatable bonds is 7. The van der Waals surface area contributed by atoms with Gasteiger partial charge in [0.1, 0.15) is 5.56 Å². The van der Waals surface area contributed by atoms with Crippen LogP contribution < -0.4 is 14.8 Å². The summed E-state index contributed by atoms with van der Waals surface area (Å²) in [4.78, 5) is 13.9. The summed E-state index contributed by atoms with van der Waals surface area (Å²) in [6, 6.07) is 21.6.